The van der Waals surface area contributed by atoms with Crippen LogP contribution in [0.15, 0.2) is 54.6 Å². The van der Waals surface area contributed by atoms with Gasteiger partial charge in [-0.15, -0.1) is 5.10 Å². The van der Waals surface area contributed by atoms with Gasteiger partial charge in [-0.1, -0.05) is 47.7 Å². The molecule has 0 unspecified atom stereocenters. The van der Waals surface area contributed by atoms with Crippen molar-refractivity contribution >= 4 is 0 Å². The Morgan fingerprint density at radius 2 is 1.37 bits per heavy atom. The van der Waals surface area contributed by atoms with E-state index in [2.05, 4.69) is 56.2 Å². The number of nitriles is 1. The molecular weight excluding hydrogens is 624 g/mol. The van der Waals surface area contributed by atoms with E-state index in [1.54, 1.807) is 12.1 Å². The van der Waals surface area contributed by atoms with E-state index in [1.807, 2.05) is 54.1 Å². The van der Waals surface area contributed by atoms with Crippen molar-refractivity contribution in [1.82, 2.24) is 15.0 Å². The molecule has 11 heteroatoms. The van der Waals surface area contributed by atoms with Crippen LogP contribution >= 0.6 is 0 Å². The molecule has 2 aromatic carbocycles. The summed E-state index contributed by atoms with van der Waals surface area (Å²) in [5.41, 5.74) is 4.11. The topological polar surface area (TPSA) is 163 Å². The predicted molar refractivity (Wildman–Crippen MR) is 109 cm³/mol. The minimum absolute atomic E-state index is 0. The SMILES string of the molecule is CCO[C]c1nnn(Cc2ccc(C#N)cc2)c1-c1ccccc1.[C-]#[O+].[C-]#[O+].[C-]#[O+].[C-]#[O+].[C-]#[O+].[W]. The Bertz CT molecular complexity index is 1030. The summed E-state index contributed by atoms with van der Waals surface area (Å²) in [6.45, 7) is 28.3. The smallest absolute Gasteiger partial charge is 0 e. The maximum atomic E-state index is 8.90. The van der Waals surface area contributed by atoms with E-state index in [1.165, 1.54) is 0 Å². The monoisotopic (exact) mass is 640 g/mol. The van der Waals surface area contributed by atoms with Gasteiger partial charge in [-0.2, -0.15) is 5.26 Å². The zero-order valence-corrected chi connectivity index (χ0v) is 21.2. The van der Waals surface area contributed by atoms with E-state index >= 15 is 0 Å². The fourth-order valence-electron chi connectivity index (χ4n) is 2.37. The molecule has 0 saturated heterocycles. The molecule has 1 aromatic heterocycles. The average molecular weight is 640 g/mol. The first kappa shape index (κ1) is 38.7. The summed E-state index contributed by atoms with van der Waals surface area (Å²) in [5.74, 6) is 0. The number of nitrogens with zero attached hydrogens (tertiary/aromatic N) is 4. The van der Waals surface area contributed by atoms with Gasteiger partial charge in [0.15, 0.2) is 6.61 Å². The summed E-state index contributed by atoms with van der Waals surface area (Å²) in [6, 6.07) is 19.5. The minimum atomic E-state index is 0. The second-order valence-corrected chi connectivity index (χ2v) is 5.15. The Hall–Kier alpha value is -3.58. The Morgan fingerprint density at radius 3 is 1.83 bits per heavy atom. The largest absolute Gasteiger partial charge is 0 e. The first-order valence-electron chi connectivity index (χ1n) is 8.69. The van der Waals surface area contributed by atoms with Gasteiger partial charge in [-0.05, 0) is 24.6 Å². The molecule has 2 radical (unpaired) electrons. The van der Waals surface area contributed by atoms with Crippen molar-refractivity contribution in [3.8, 4) is 17.3 Å². The van der Waals surface area contributed by atoms with Gasteiger partial charge in [0.05, 0.1) is 23.9 Å². The molecule has 3 rings (SSSR count). The fraction of sp³-hybridized carbons (Fsp3) is 0.125. The molecule has 0 bridgehead atoms. The molecule has 0 saturated carbocycles. The van der Waals surface area contributed by atoms with E-state index < -0.39 is 0 Å². The van der Waals surface area contributed by atoms with Gasteiger partial charge in [0.25, 0.3) is 0 Å². The number of ether oxygens (including phenoxy) is 1. The van der Waals surface area contributed by atoms with E-state index in [-0.39, 0.29) is 21.1 Å². The second-order valence-electron chi connectivity index (χ2n) is 5.15. The number of hydrogen-bond acceptors (Lipinski definition) is 4. The van der Waals surface area contributed by atoms with Gasteiger partial charge in [-0.25, -0.2) is 4.68 Å². The van der Waals surface area contributed by atoms with Crippen molar-refractivity contribution in [1.29, 1.82) is 5.26 Å². The Kier molecular flexibility index (Phi) is 31.4. The molecule has 0 aliphatic rings. The van der Waals surface area contributed by atoms with E-state index in [0.717, 1.165) is 16.8 Å². The normalized spacial score (nSPS) is 7.49. The third-order valence-electron chi connectivity index (χ3n) is 3.51. The van der Waals surface area contributed by atoms with Crippen molar-refractivity contribution in [3.05, 3.63) is 111 Å². The van der Waals surface area contributed by atoms with E-state index in [9.17, 15) is 0 Å². The molecule has 0 aliphatic carbocycles. The van der Waals surface area contributed by atoms with Crippen LogP contribution < -0.4 is 0 Å². The predicted octanol–water partition coefficient (Wildman–Crippen LogP) is 3.10. The van der Waals surface area contributed by atoms with Gasteiger partial charge in [-0.3, -0.25) is 0 Å². The zero-order valence-electron chi connectivity index (χ0n) is 18.3. The standard InChI is InChI=1S/C19H16N4O.5CO.W/c1-2-24-14-18-19(17-6-4-3-5-7-17)23(22-21-18)13-16-10-8-15(12-20)9-11-16;5*1-2;/h3-11H,2,13H2,1H3;;;;;;. The van der Waals surface area contributed by atoms with E-state index in [0.29, 0.717) is 24.4 Å². The molecule has 0 N–H and O–H groups in total. The summed E-state index contributed by atoms with van der Waals surface area (Å²) in [5, 5.41) is 17.3. The van der Waals surface area contributed by atoms with Crippen LogP contribution in [-0.4, -0.2) is 21.6 Å². The summed E-state index contributed by atoms with van der Waals surface area (Å²) in [4.78, 5) is 0. The average Bonchev–Trinajstić information content (AvgIpc) is 3.36. The van der Waals surface area contributed by atoms with E-state index in [4.69, 9.17) is 33.3 Å². The molecule has 0 spiro atoms. The van der Waals surface area contributed by atoms with Crippen LogP contribution in [0, 0.1) is 51.2 Å². The molecule has 3 aromatic rings. The molecule has 174 valence electrons. The van der Waals surface area contributed by atoms with Crippen molar-refractivity contribution in [3.63, 3.8) is 0 Å². The molecule has 10 nitrogen and oxygen atoms in total. The first-order valence-corrected chi connectivity index (χ1v) is 8.69. The Morgan fingerprint density at radius 1 is 0.857 bits per heavy atom. The molecule has 0 atom stereocenters. The summed E-state index contributed by atoms with van der Waals surface area (Å²) in [7, 11) is 0. The van der Waals surface area contributed by atoms with Crippen LogP contribution in [0.3, 0.4) is 0 Å². The van der Waals surface area contributed by atoms with Crippen LogP contribution in [-0.2, 0) is 55.6 Å². The first-order chi connectivity index (χ1) is 16.8. The minimum Gasteiger partial charge on any atom is 0 e. The van der Waals surface area contributed by atoms with Crippen molar-refractivity contribution in [2.24, 2.45) is 0 Å². The third-order valence-corrected chi connectivity index (χ3v) is 3.51. The van der Waals surface area contributed by atoms with Crippen LogP contribution in [0.1, 0.15) is 23.7 Å². The molecule has 1 heterocycles. The number of benzene rings is 2. The maximum Gasteiger partial charge on any atom is 0 e. The van der Waals surface area contributed by atoms with Gasteiger partial charge in [0.2, 0.25) is 0 Å². The van der Waals surface area contributed by atoms with Crippen molar-refractivity contribution in [2.45, 2.75) is 13.5 Å². The second kappa shape index (κ2) is 28.5. The maximum absolute atomic E-state index is 8.90. The summed E-state index contributed by atoms with van der Waals surface area (Å²) >= 11 is 0. The van der Waals surface area contributed by atoms with Gasteiger partial charge in [0, 0.05) is 33.2 Å². The molecular formula is C24H16N4O6W. The third kappa shape index (κ3) is 14.3. The number of aromatic nitrogens is 3. The Labute approximate surface area is 217 Å². The summed E-state index contributed by atoms with van der Waals surface area (Å²) < 4.78 is 44.6. The van der Waals surface area contributed by atoms with Crippen LogP contribution in [0.2, 0.25) is 0 Å². The molecule has 0 aliphatic heterocycles. The van der Waals surface area contributed by atoms with Crippen molar-refractivity contribution in [2.75, 3.05) is 6.61 Å². The molecule has 0 fully saturated rings. The van der Waals surface area contributed by atoms with Gasteiger partial charge in [0.1, 0.15) is 5.69 Å². The molecule has 0 amide bonds. The number of rotatable bonds is 6. The molecule has 35 heavy (non-hydrogen) atoms. The van der Waals surface area contributed by atoms with Crippen LogP contribution in [0.25, 0.3) is 11.3 Å². The number of hydrogen-bond donors (Lipinski definition) is 0. The van der Waals surface area contributed by atoms with Crippen LogP contribution in [0.5, 0.6) is 0 Å². The van der Waals surface area contributed by atoms with Gasteiger partial charge < -0.3 is 4.74 Å². The summed E-state index contributed by atoms with van der Waals surface area (Å²) in [6.07, 6.45) is 0. The van der Waals surface area contributed by atoms with Gasteiger partial charge >= 0.3 is 56.5 Å². The quantitative estimate of drug-likeness (QED) is 0.299. The van der Waals surface area contributed by atoms with Crippen molar-refractivity contribution < 1.29 is 49.1 Å². The fourth-order valence-corrected chi connectivity index (χ4v) is 2.37. The zero-order chi connectivity index (χ0) is 26.8. The Balaban J connectivity index is -0.000000390. The van der Waals surface area contributed by atoms with Crippen LogP contribution in [0.4, 0.5) is 0 Å².